The van der Waals surface area contributed by atoms with Gasteiger partial charge in [0.2, 0.25) is 5.91 Å². The summed E-state index contributed by atoms with van der Waals surface area (Å²) in [5.41, 5.74) is 10.2. The van der Waals surface area contributed by atoms with E-state index >= 15 is 0 Å². The Kier molecular flexibility index (Phi) is 9.08. The summed E-state index contributed by atoms with van der Waals surface area (Å²) in [6, 6.07) is 17.2. The van der Waals surface area contributed by atoms with Gasteiger partial charge >= 0.3 is 0 Å². The molecule has 2 aliphatic rings. The number of halogens is 1. The van der Waals surface area contributed by atoms with Crippen molar-refractivity contribution in [2.45, 2.75) is 38.5 Å². The van der Waals surface area contributed by atoms with Crippen LogP contribution in [0.15, 0.2) is 82.2 Å². The van der Waals surface area contributed by atoms with Crippen molar-refractivity contribution in [3.63, 3.8) is 0 Å². The first-order valence-electron chi connectivity index (χ1n) is 13.7. The summed E-state index contributed by atoms with van der Waals surface area (Å²) in [4.78, 5) is 35.2. The summed E-state index contributed by atoms with van der Waals surface area (Å²) in [5, 5.41) is 11.5. The number of carbonyl (C=O) groups is 2. The summed E-state index contributed by atoms with van der Waals surface area (Å²) < 4.78 is 0. The number of carbonyl (C=O) groups excluding carboxylic acids is 2. The fourth-order valence-corrected chi connectivity index (χ4v) is 5.65. The van der Waals surface area contributed by atoms with Gasteiger partial charge in [0.25, 0.3) is 0 Å². The Hall–Kier alpha value is -3.75. The summed E-state index contributed by atoms with van der Waals surface area (Å²) in [5.74, 6) is 0.571. The van der Waals surface area contributed by atoms with Gasteiger partial charge in [-0.3, -0.25) is 14.6 Å². The fourth-order valence-electron chi connectivity index (χ4n) is 5.43. The molecule has 1 amide bonds. The Labute approximate surface area is 239 Å². The van der Waals surface area contributed by atoms with Crippen molar-refractivity contribution in [2.75, 3.05) is 18.5 Å². The number of nitrogens with zero attached hydrogens (tertiary/aromatic N) is 4. The first-order valence-corrected chi connectivity index (χ1v) is 14.1. The normalized spacial score (nSPS) is 19.2. The van der Waals surface area contributed by atoms with Crippen molar-refractivity contribution in [1.82, 2.24) is 4.98 Å². The smallest absolute Gasteiger partial charge is 0.228 e. The zero-order valence-electron chi connectivity index (χ0n) is 22.3. The fraction of sp³-hybridized carbons (Fsp3) is 0.355. The highest BCUT2D eigenvalue weighted by Crippen LogP contribution is 2.32. The van der Waals surface area contributed by atoms with Gasteiger partial charge in [-0.1, -0.05) is 35.9 Å². The first kappa shape index (κ1) is 27.8. The molecule has 1 saturated carbocycles. The third-order valence-corrected chi connectivity index (χ3v) is 8.13. The summed E-state index contributed by atoms with van der Waals surface area (Å²) in [6.45, 7) is 1.01. The second kappa shape index (κ2) is 13.1. The molecule has 40 heavy (non-hydrogen) atoms. The molecule has 5 rings (SSSR count). The monoisotopic (exact) mass is 556 g/mol. The van der Waals surface area contributed by atoms with Crippen LogP contribution >= 0.6 is 11.6 Å². The summed E-state index contributed by atoms with van der Waals surface area (Å²) in [7, 11) is 0. The average molecular weight is 557 g/mol. The topological polar surface area (TPSA) is 122 Å². The Balaban J connectivity index is 1.30. The van der Waals surface area contributed by atoms with Gasteiger partial charge in [0.05, 0.1) is 5.02 Å². The standard InChI is InChI=1S/C31H33ClN6O2/c32-28-18-34-14-13-27(28)22-5-1-20(2-6-22)15-25(16-29(39)23-7-3-21(17-33)4-8-23)31(40)37-26-11-9-24(10-12-26)30-35-19-36-38-30/h1-2,5-6,9-14,18,21,23,25H,3-4,7-8,15-17,19,33H2,(H,37,40)/t21?,23?,25-/m1/s1. The van der Waals surface area contributed by atoms with E-state index in [1.165, 1.54) is 0 Å². The maximum absolute atomic E-state index is 13.5. The van der Waals surface area contributed by atoms with E-state index in [4.69, 9.17) is 17.3 Å². The Bertz CT molecular complexity index is 1400. The second-order valence-electron chi connectivity index (χ2n) is 10.5. The molecule has 1 fully saturated rings. The number of rotatable bonds is 10. The van der Waals surface area contributed by atoms with E-state index in [0.717, 1.165) is 47.9 Å². The Morgan fingerprint density at radius 3 is 2.35 bits per heavy atom. The van der Waals surface area contributed by atoms with Crippen LogP contribution in [0, 0.1) is 17.8 Å². The second-order valence-corrected chi connectivity index (χ2v) is 10.9. The maximum atomic E-state index is 13.5. The molecule has 1 atom stereocenters. The largest absolute Gasteiger partial charge is 0.330 e. The molecule has 2 aromatic carbocycles. The number of ketones is 1. The molecule has 2 heterocycles. The summed E-state index contributed by atoms with van der Waals surface area (Å²) in [6.07, 6.45) is 7.63. The van der Waals surface area contributed by atoms with Gasteiger partial charge in [0.15, 0.2) is 12.5 Å². The molecule has 0 radical (unpaired) electrons. The van der Waals surface area contributed by atoms with E-state index in [0.29, 0.717) is 42.1 Å². The molecule has 1 aromatic heterocycles. The predicted molar refractivity (Wildman–Crippen MR) is 157 cm³/mol. The van der Waals surface area contributed by atoms with Gasteiger partial charge in [-0.15, -0.1) is 5.11 Å². The molecule has 0 spiro atoms. The van der Waals surface area contributed by atoms with E-state index in [1.807, 2.05) is 54.6 Å². The van der Waals surface area contributed by atoms with Crippen molar-refractivity contribution in [3.8, 4) is 11.1 Å². The molecular weight excluding hydrogens is 524 g/mol. The van der Waals surface area contributed by atoms with Crippen LogP contribution in [0.1, 0.15) is 43.2 Å². The van der Waals surface area contributed by atoms with Gasteiger partial charge in [0.1, 0.15) is 5.78 Å². The molecule has 3 N–H and O–H groups in total. The quantitative estimate of drug-likeness (QED) is 0.313. The Morgan fingerprint density at radius 1 is 0.975 bits per heavy atom. The lowest BCUT2D eigenvalue weighted by molar-refractivity contribution is -0.129. The van der Waals surface area contributed by atoms with Crippen LogP contribution in [0.4, 0.5) is 5.69 Å². The van der Waals surface area contributed by atoms with Crippen molar-refractivity contribution in [3.05, 3.63) is 83.1 Å². The molecule has 3 aromatic rings. The van der Waals surface area contributed by atoms with Crippen molar-refractivity contribution >= 4 is 34.8 Å². The lowest BCUT2D eigenvalue weighted by Gasteiger charge is -2.27. The van der Waals surface area contributed by atoms with Gasteiger partial charge in [0, 0.05) is 47.5 Å². The number of benzene rings is 2. The number of pyridine rings is 1. The van der Waals surface area contributed by atoms with Gasteiger partial charge in [-0.05, 0) is 86.0 Å². The highest BCUT2D eigenvalue weighted by molar-refractivity contribution is 6.33. The number of amides is 1. The molecule has 1 aliphatic heterocycles. The van der Waals surface area contributed by atoms with E-state index in [9.17, 15) is 9.59 Å². The minimum atomic E-state index is -0.497. The molecule has 8 nitrogen and oxygen atoms in total. The highest BCUT2D eigenvalue weighted by Gasteiger charge is 2.30. The maximum Gasteiger partial charge on any atom is 0.228 e. The number of aromatic nitrogens is 1. The van der Waals surface area contributed by atoms with Gasteiger partial charge in [-0.25, -0.2) is 4.99 Å². The Morgan fingerprint density at radius 2 is 1.70 bits per heavy atom. The van der Waals surface area contributed by atoms with E-state index in [-0.39, 0.29) is 24.0 Å². The SMILES string of the molecule is NCC1CCC(C(=O)C[C@@H](Cc2ccc(-c3ccncc3Cl)cc2)C(=O)Nc2ccc(C3=NCN=N3)cc2)CC1. The summed E-state index contributed by atoms with van der Waals surface area (Å²) >= 11 is 6.32. The average Bonchev–Trinajstić information content (AvgIpc) is 3.53. The predicted octanol–water partition coefficient (Wildman–Crippen LogP) is 6.09. The first-order chi connectivity index (χ1) is 19.5. The molecule has 1 aliphatic carbocycles. The van der Waals surface area contributed by atoms with Crippen LogP contribution in [0.5, 0.6) is 0 Å². The number of nitrogens with one attached hydrogen (secondary N) is 1. The molecular formula is C31H33ClN6O2. The molecule has 9 heteroatoms. The lowest BCUT2D eigenvalue weighted by atomic mass is 9.77. The van der Waals surface area contributed by atoms with Crippen LogP contribution in [-0.4, -0.2) is 35.7 Å². The van der Waals surface area contributed by atoms with Gasteiger partial charge < -0.3 is 11.1 Å². The highest BCUT2D eigenvalue weighted by atomic mass is 35.5. The van der Waals surface area contributed by atoms with Crippen LogP contribution in [0.25, 0.3) is 11.1 Å². The van der Waals surface area contributed by atoms with Crippen LogP contribution in [0.2, 0.25) is 5.02 Å². The van der Waals surface area contributed by atoms with Crippen LogP contribution < -0.4 is 11.1 Å². The number of aliphatic imine (C=N–C) groups is 1. The minimum absolute atomic E-state index is 0.00468. The zero-order valence-corrected chi connectivity index (χ0v) is 23.1. The van der Waals surface area contributed by atoms with E-state index in [2.05, 4.69) is 25.5 Å². The van der Waals surface area contributed by atoms with E-state index < -0.39 is 5.92 Å². The number of anilines is 1. The number of nitrogens with two attached hydrogens (primary N) is 1. The van der Waals surface area contributed by atoms with Crippen molar-refractivity contribution in [1.29, 1.82) is 0 Å². The number of Topliss-reactive ketones (excluding diaryl/α,β-unsaturated/α-hetero) is 1. The number of hydrogen-bond acceptors (Lipinski definition) is 7. The van der Waals surface area contributed by atoms with E-state index in [1.54, 1.807) is 12.4 Å². The van der Waals surface area contributed by atoms with Crippen LogP contribution in [0.3, 0.4) is 0 Å². The number of amidine groups is 1. The lowest BCUT2D eigenvalue weighted by Crippen LogP contribution is -2.31. The molecule has 0 saturated heterocycles. The molecule has 0 unspecified atom stereocenters. The molecule has 206 valence electrons. The molecule has 0 bridgehead atoms. The van der Waals surface area contributed by atoms with Gasteiger partial charge in [-0.2, -0.15) is 5.11 Å². The zero-order chi connectivity index (χ0) is 27.9. The number of hydrogen-bond donors (Lipinski definition) is 2. The third-order valence-electron chi connectivity index (χ3n) is 7.83. The minimum Gasteiger partial charge on any atom is -0.330 e. The van der Waals surface area contributed by atoms with Crippen molar-refractivity contribution in [2.24, 2.45) is 38.7 Å². The van der Waals surface area contributed by atoms with Crippen molar-refractivity contribution < 1.29 is 9.59 Å². The number of azo groups is 1. The third kappa shape index (κ3) is 6.87. The van der Waals surface area contributed by atoms with Crippen LogP contribution in [-0.2, 0) is 16.0 Å².